The fraction of sp³-hybridized carbons (Fsp3) is 0.529. The van der Waals surface area contributed by atoms with Crippen LogP contribution in [0.1, 0.15) is 23.4 Å². The Bertz CT molecular complexity index is 614. The predicted octanol–water partition coefficient (Wildman–Crippen LogP) is 3.46. The Morgan fingerprint density at radius 2 is 2.35 bits per heavy atom. The van der Waals surface area contributed by atoms with E-state index >= 15 is 0 Å². The lowest BCUT2D eigenvalue weighted by Crippen LogP contribution is -2.36. The van der Waals surface area contributed by atoms with Crippen molar-refractivity contribution < 1.29 is 9.13 Å². The van der Waals surface area contributed by atoms with Crippen LogP contribution in [0.3, 0.4) is 0 Å². The first kappa shape index (κ1) is 16.3. The van der Waals surface area contributed by atoms with Crippen LogP contribution in [0, 0.1) is 18.7 Å². The van der Waals surface area contributed by atoms with Crippen molar-refractivity contribution in [2.24, 2.45) is 5.92 Å². The van der Waals surface area contributed by atoms with Crippen molar-refractivity contribution >= 4 is 17.2 Å². The molecule has 0 saturated carbocycles. The number of ether oxygens (including phenoxy) is 1. The minimum atomic E-state index is -0.310. The van der Waals surface area contributed by atoms with Gasteiger partial charge in [0.15, 0.2) is 11.6 Å². The molecule has 124 valence electrons. The first-order chi connectivity index (χ1) is 11.2. The highest BCUT2D eigenvalue weighted by Gasteiger charge is 2.22. The van der Waals surface area contributed by atoms with Gasteiger partial charge in [-0.1, -0.05) is 6.07 Å². The molecule has 1 saturated heterocycles. The smallest absolute Gasteiger partial charge is 0.186 e. The summed E-state index contributed by atoms with van der Waals surface area (Å²) in [5, 5.41) is 2.07. The molecule has 2 aromatic heterocycles. The molecule has 3 rings (SSSR count). The number of anilines is 1. The van der Waals surface area contributed by atoms with Crippen molar-refractivity contribution in [3.8, 4) is 0 Å². The molecule has 4 nitrogen and oxygen atoms in total. The van der Waals surface area contributed by atoms with E-state index in [4.69, 9.17) is 4.74 Å². The Morgan fingerprint density at radius 1 is 1.43 bits per heavy atom. The summed E-state index contributed by atoms with van der Waals surface area (Å²) in [6.07, 6.45) is 4.55. The number of aromatic nitrogens is 2. The van der Waals surface area contributed by atoms with Gasteiger partial charge in [0.05, 0.1) is 12.3 Å². The fourth-order valence-corrected chi connectivity index (χ4v) is 3.61. The number of hydrogen-bond acceptors (Lipinski definition) is 5. The summed E-state index contributed by atoms with van der Waals surface area (Å²) in [4.78, 5) is 11.5. The first-order valence-corrected chi connectivity index (χ1v) is 8.94. The maximum atomic E-state index is 14.5. The molecule has 0 aromatic carbocycles. The molecule has 0 N–H and O–H groups in total. The highest BCUT2D eigenvalue weighted by molar-refractivity contribution is 7.09. The highest BCUT2D eigenvalue weighted by atomic mass is 32.1. The Kier molecular flexibility index (Phi) is 5.56. The maximum Gasteiger partial charge on any atom is 0.186 e. The number of aryl methyl sites for hydroxylation is 1. The van der Waals surface area contributed by atoms with Crippen LogP contribution in [0.25, 0.3) is 0 Å². The molecule has 0 spiro atoms. The molecular formula is C17H22FN3OS. The third kappa shape index (κ3) is 4.26. The summed E-state index contributed by atoms with van der Waals surface area (Å²) < 4.78 is 20.0. The molecule has 2 aromatic rings. The van der Waals surface area contributed by atoms with Crippen molar-refractivity contribution in [3.63, 3.8) is 0 Å². The van der Waals surface area contributed by atoms with E-state index in [2.05, 4.69) is 32.4 Å². The van der Waals surface area contributed by atoms with E-state index in [0.717, 1.165) is 45.6 Å². The lowest BCUT2D eigenvalue weighted by Gasteiger charge is -2.30. The zero-order valence-electron chi connectivity index (χ0n) is 13.4. The predicted molar refractivity (Wildman–Crippen MR) is 90.5 cm³/mol. The topological polar surface area (TPSA) is 38.2 Å². The molecule has 0 amide bonds. The van der Waals surface area contributed by atoms with Gasteiger partial charge in [0.25, 0.3) is 0 Å². The third-order valence-corrected chi connectivity index (χ3v) is 5.12. The molecular weight excluding hydrogens is 313 g/mol. The standard InChI is InChI=1S/C17H22FN3OS/c1-13-16(18)17(20-12-19-13)21(7-6-15-5-3-9-23-15)10-14-4-2-8-22-11-14/h3,5,9,12,14H,2,4,6-8,10-11H2,1H3. The van der Waals surface area contributed by atoms with E-state index < -0.39 is 0 Å². The van der Waals surface area contributed by atoms with Gasteiger partial charge in [-0.05, 0) is 43.6 Å². The summed E-state index contributed by atoms with van der Waals surface area (Å²) in [7, 11) is 0. The van der Waals surface area contributed by atoms with Crippen LogP contribution in [-0.4, -0.2) is 36.3 Å². The van der Waals surface area contributed by atoms with Crippen molar-refractivity contribution in [1.82, 2.24) is 9.97 Å². The molecule has 23 heavy (non-hydrogen) atoms. The molecule has 0 bridgehead atoms. The Balaban J connectivity index is 1.75. The molecule has 1 fully saturated rings. The average Bonchev–Trinajstić information content (AvgIpc) is 3.09. The molecule has 1 aliphatic rings. The van der Waals surface area contributed by atoms with Crippen LogP contribution in [0.4, 0.5) is 10.2 Å². The summed E-state index contributed by atoms with van der Waals surface area (Å²) in [5.41, 5.74) is 0.399. The minimum Gasteiger partial charge on any atom is -0.381 e. The van der Waals surface area contributed by atoms with E-state index in [9.17, 15) is 4.39 Å². The number of halogens is 1. The number of rotatable bonds is 6. The minimum absolute atomic E-state index is 0.310. The van der Waals surface area contributed by atoms with Gasteiger partial charge >= 0.3 is 0 Å². The van der Waals surface area contributed by atoms with E-state index in [1.54, 1.807) is 18.3 Å². The van der Waals surface area contributed by atoms with Gasteiger partial charge in [-0.2, -0.15) is 0 Å². The van der Waals surface area contributed by atoms with Crippen LogP contribution in [-0.2, 0) is 11.2 Å². The average molecular weight is 335 g/mol. The summed E-state index contributed by atoms with van der Waals surface area (Å²) >= 11 is 1.74. The Hall–Kier alpha value is -1.53. The van der Waals surface area contributed by atoms with Gasteiger partial charge in [-0.25, -0.2) is 14.4 Å². The Labute approximate surface area is 140 Å². The van der Waals surface area contributed by atoms with Gasteiger partial charge in [0, 0.05) is 24.6 Å². The molecule has 1 unspecified atom stereocenters. The van der Waals surface area contributed by atoms with E-state index in [0.29, 0.717) is 17.4 Å². The summed E-state index contributed by atoms with van der Waals surface area (Å²) in [5.74, 6) is 0.539. The zero-order chi connectivity index (χ0) is 16.1. The number of hydrogen-bond donors (Lipinski definition) is 0. The number of nitrogens with zero attached hydrogens (tertiary/aromatic N) is 3. The van der Waals surface area contributed by atoms with Gasteiger partial charge in [0.1, 0.15) is 6.33 Å². The van der Waals surface area contributed by atoms with Crippen molar-refractivity contribution in [3.05, 3.63) is 40.2 Å². The molecule has 0 radical (unpaired) electrons. The molecule has 1 aliphatic heterocycles. The van der Waals surface area contributed by atoms with Gasteiger partial charge in [0.2, 0.25) is 0 Å². The van der Waals surface area contributed by atoms with Gasteiger partial charge in [-0.15, -0.1) is 11.3 Å². The highest BCUT2D eigenvalue weighted by Crippen LogP contribution is 2.23. The zero-order valence-corrected chi connectivity index (χ0v) is 14.2. The van der Waals surface area contributed by atoms with Crippen molar-refractivity contribution in [2.75, 3.05) is 31.2 Å². The van der Waals surface area contributed by atoms with Crippen LogP contribution in [0.2, 0.25) is 0 Å². The van der Waals surface area contributed by atoms with E-state index in [1.165, 1.54) is 11.2 Å². The molecule has 3 heterocycles. The van der Waals surface area contributed by atoms with Crippen LogP contribution < -0.4 is 4.90 Å². The van der Waals surface area contributed by atoms with Crippen LogP contribution >= 0.6 is 11.3 Å². The third-order valence-electron chi connectivity index (χ3n) is 4.19. The Morgan fingerprint density at radius 3 is 3.09 bits per heavy atom. The van der Waals surface area contributed by atoms with Crippen LogP contribution in [0.5, 0.6) is 0 Å². The van der Waals surface area contributed by atoms with Crippen LogP contribution in [0.15, 0.2) is 23.8 Å². The lowest BCUT2D eigenvalue weighted by molar-refractivity contribution is 0.0572. The fourth-order valence-electron chi connectivity index (χ4n) is 2.91. The number of thiophene rings is 1. The van der Waals surface area contributed by atoms with E-state index in [-0.39, 0.29) is 5.82 Å². The van der Waals surface area contributed by atoms with Crippen molar-refractivity contribution in [2.45, 2.75) is 26.2 Å². The second-order valence-electron chi connectivity index (χ2n) is 5.96. The lowest BCUT2D eigenvalue weighted by atomic mass is 10.0. The summed E-state index contributed by atoms with van der Waals surface area (Å²) in [6, 6.07) is 4.17. The van der Waals surface area contributed by atoms with E-state index in [1.807, 2.05) is 0 Å². The van der Waals surface area contributed by atoms with Crippen molar-refractivity contribution in [1.29, 1.82) is 0 Å². The van der Waals surface area contributed by atoms with Gasteiger partial charge in [-0.3, -0.25) is 0 Å². The SMILES string of the molecule is Cc1ncnc(N(CCc2cccs2)CC2CCCOC2)c1F. The van der Waals surface area contributed by atoms with Gasteiger partial charge < -0.3 is 9.64 Å². The quantitative estimate of drug-likeness (QED) is 0.810. The second kappa shape index (κ2) is 7.84. The largest absolute Gasteiger partial charge is 0.381 e. The normalized spacial score (nSPS) is 18.1. The second-order valence-corrected chi connectivity index (χ2v) is 6.99. The monoisotopic (exact) mass is 335 g/mol. The molecule has 0 aliphatic carbocycles. The summed E-state index contributed by atoms with van der Waals surface area (Å²) in [6.45, 7) is 4.80. The molecule has 1 atom stereocenters. The first-order valence-electron chi connectivity index (χ1n) is 8.06. The maximum absolute atomic E-state index is 14.5. The molecule has 6 heteroatoms.